The summed E-state index contributed by atoms with van der Waals surface area (Å²) in [6.07, 6.45) is 5.96. The van der Waals surface area contributed by atoms with Crippen LogP contribution in [0.15, 0.2) is 36.7 Å². The maximum absolute atomic E-state index is 5.76. The minimum Gasteiger partial charge on any atom is -0.379 e. The van der Waals surface area contributed by atoms with Crippen LogP contribution in [-0.2, 0) is 4.74 Å². The lowest BCUT2D eigenvalue weighted by Crippen LogP contribution is -2.26. The van der Waals surface area contributed by atoms with Crippen molar-refractivity contribution in [2.75, 3.05) is 19.8 Å². The molecule has 1 aromatic carbocycles. The average molecular weight is 272 g/mol. The molecule has 20 heavy (non-hydrogen) atoms. The van der Waals surface area contributed by atoms with Crippen molar-refractivity contribution in [1.82, 2.24) is 10.3 Å². The second-order valence-electron chi connectivity index (χ2n) is 5.03. The Bertz CT molecular complexity index is 522. The van der Waals surface area contributed by atoms with Gasteiger partial charge >= 0.3 is 0 Å². The van der Waals surface area contributed by atoms with E-state index in [0.717, 1.165) is 26.0 Å². The van der Waals surface area contributed by atoms with E-state index in [4.69, 9.17) is 4.74 Å². The Kier molecular flexibility index (Phi) is 5.96. The molecule has 1 aromatic heterocycles. The molecule has 0 saturated heterocycles. The van der Waals surface area contributed by atoms with Gasteiger partial charge in [-0.15, -0.1) is 0 Å². The third-order valence-electron chi connectivity index (χ3n) is 3.37. The molecular weight excluding hydrogens is 248 g/mol. The smallest absolute Gasteiger partial charge is 0.0661 e. The van der Waals surface area contributed by atoms with Gasteiger partial charge in [0.25, 0.3) is 0 Å². The third kappa shape index (κ3) is 3.78. The summed E-state index contributed by atoms with van der Waals surface area (Å²) in [5, 5.41) is 6.03. The van der Waals surface area contributed by atoms with Crippen molar-refractivity contribution in [2.45, 2.75) is 32.7 Å². The number of hydrogen-bond acceptors (Lipinski definition) is 3. The Labute approximate surface area is 121 Å². The zero-order chi connectivity index (χ0) is 14.2. The van der Waals surface area contributed by atoms with Crippen LogP contribution in [-0.4, -0.2) is 24.7 Å². The van der Waals surface area contributed by atoms with E-state index in [0.29, 0.717) is 6.61 Å². The van der Waals surface area contributed by atoms with E-state index in [2.05, 4.69) is 48.4 Å². The van der Waals surface area contributed by atoms with Gasteiger partial charge in [-0.1, -0.05) is 32.0 Å². The summed E-state index contributed by atoms with van der Waals surface area (Å²) in [5.41, 5.74) is 1.28. The van der Waals surface area contributed by atoms with Gasteiger partial charge in [-0.05, 0) is 36.4 Å². The molecule has 0 aliphatic heterocycles. The van der Waals surface area contributed by atoms with E-state index in [1.807, 2.05) is 12.4 Å². The largest absolute Gasteiger partial charge is 0.379 e. The number of nitrogens with one attached hydrogen (secondary N) is 1. The standard InChI is InChI=1S/C17H24N2O/c1-3-9-19-17(13-20-11-4-2)15-7-5-6-14-8-10-18-12-16(14)15/h5-8,10,12,17,19H,3-4,9,11,13H2,1-2H3. The predicted octanol–water partition coefficient (Wildman–Crippen LogP) is 3.70. The lowest BCUT2D eigenvalue weighted by Gasteiger charge is -2.20. The normalized spacial score (nSPS) is 12.7. The minimum absolute atomic E-state index is 0.231. The van der Waals surface area contributed by atoms with Crippen molar-refractivity contribution in [3.8, 4) is 0 Å². The van der Waals surface area contributed by atoms with Gasteiger partial charge in [0.2, 0.25) is 0 Å². The summed E-state index contributed by atoms with van der Waals surface area (Å²) < 4.78 is 5.76. The fourth-order valence-electron chi connectivity index (χ4n) is 2.36. The summed E-state index contributed by atoms with van der Waals surface area (Å²) >= 11 is 0. The summed E-state index contributed by atoms with van der Waals surface area (Å²) in [6.45, 7) is 6.84. The van der Waals surface area contributed by atoms with Crippen LogP contribution in [0, 0.1) is 0 Å². The second kappa shape index (κ2) is 7.98. The zero-order valence-corrected chi connectivity index (χ0v) is 12.4. The van der Waals surface area contributed by atoms with Crippen molar-refractivity contribution in [3.63, 3.8) is 0 Å². The highest BCUT2D eigenvalue weighted by Crippen LogP contribution is 2.24. The molecule has 3 heteroatoms. The van der Waals surface area contributed by atoms with E-state index in [9.17, 15) is 0 Å². The Balaban J connectivity index is 2.24. The SMILES string of the molecule is CCCNC(COCCC)c1cccc2ccncc12. The lowest BCUT2D eigenvalue weighted by molar-refractivity contribution is 0.112. The Morgan fingerprint density at radius 3 is 2.90 bits per heavy atom. The Morgan fingerprint density at radius 2 is 2.10 bits per heavy atom. The van der Waals surface area contributed by atoms with Gasteiger partial charge in [0, 0.05) is 24.4 Å². The summed E-state index contributed by atoms with van der Waals surface area (Å²) in [7, 11) is 0. The van der Waals surface area contributed by atoms with E-state index in [1.54, 1.807) is 0 Å². The van der Waals surface area contributed by atoms with Gasteiger partial charge in [-0.3, -0.25) is 4.98 Å². The summed E-state index contributed by atoms with van der Waals surface area (Å²) in [4.78, 5) is 4.26. The Hall–Kier alpha value is -1.45. The fourth-order valence-corrected chi connectivity index (χ4v) is 2.36. The van der Waals surface area contributed by atoms with Crippen molar-refractivity contribution in [1.29, 1.82) is 0 Å². The molecule has 0 aliphatic carbocycles. The molecule has 1 heterocycles. The maximum Gasteiger partial charge on any atom is 0.0661 e. The van der Waals surface area contributed by atoms with Crippen molar-refractivity contribution in [2.24, 2.45) is 0 Å². The molecule has 0 radical (unpaired) electrons. The van der Waals surface area contributed by atoms with Gasteiger partial charge in [0.05, 0.1) is 12.6 Å². The first-order valence-electron chi connectivity index (χ1n) is 7.50. The molecule has 1 unspecified atom stereocenters. The number of nitrogens with zero attached hydrogens (tertiary/aromatic N) is 1. The van der Waals surface area contributed by atoms with Gasteiger partial charge in [-0.2, -0.15) is 0 Å². The summed E-state index contributed by atoms with van der Waals surface area (Å²) in [6, 6.07) is 8.70. The van der Waals surface area contributed by atoms with E-state index in [1.165, 1.54) is 16.3 Å². The van der Waals surface area contributed by atoms with Crippen LogP contribution in [0.2, 0.25) is 0 Å². The third-order valence-corrected chi connectivity index (χ3v) is 3.37. The highest BCUT2D eigenvalue weighted by atomic mass is 16.5. The average Bonchev–Trinajstić information content (AvgIpc) is 2.50. The van der Waals surface area contributed by atoms with Crippen LogP contribution in [0.4, 0.5) is 0 Å². The predicted molar refractivity (Wildman–Crippen MR) is 83.9 cm³/mol. The molecule has 2 aromatic rings. The first-order valence-corrected chi connectivity index (χ1v) is 7.50. The van der Waals surface area contributed by atoms with Crippen molar-refractivity contribution < 1.29 is 4.74 Å². The van der Waals surface area contributed by atoms with Crippen LogP contribution in [0.5, 0.6) is 0 Å². The quantitative estimate of drug-likeness (QED) is 0.744. The number of fused-ring (bicyclic) bond motifs is 1. The van der Waals surface area contributed by atoms with Crippen LogP contribution in [0.1, 0.15) is 38.3 Å². The van der Waals surface area contributed by atoms with Gasteiger partial charge in [-0.25, -0.2) is 0 Å². The van der Waals surface area contributed by atoms with Crippen molar-refractivity contribution >= 4 is 10.8 Å². The van der Waals surface area contributed by atoms with Crippen LogP contribution in [0.25, 0.3) is 10.8 Å². The molecule has 1 atom stereocenters. The molecule has 0 bridgehead atoms. The summed E-state index contributed by atoms with van der Waals surface area (Å²) in [5.74, 6) is 0. The molecule has 3 nitrogen and oxygen atoms in total. The van der Waals surface area contributed by atoms with E-state index in [-0.39, 0.29) is 6.04 Å². The fraction of sp³-hybridized carbons (Fsp3) is 0.471. The number of rotatable bonds is 8. The zero-order valence-electron chi connectivity index (χ0n) is 12.4. The number of aromatic nitrogens is 1. The molecule has 0 spiro atoms. The van der Waals surface area contributed by atoms with Crippen LogP contribution < -0.4 is 5.32 Å². The number of hydrogen-bond donors (Lipinski definition) is 1. The number of pyridine rings is 1. The van der Waals surface area contributed by atoms with Crippen LogP contribution in [0.3, 0.4) is 0 Å². The molecule has 2 rings (SSSR count). The Morgan fingerprint density at radius 1 is 1.20 bits per heavy atom. The topological polar surface area (TPSA) is 34.1 Å². The lowest BCUT2D eigenvalue weighted by atomic mass is 10.0. The van der Waals surface area contributed by atoms with E-state index >= 15 is 0 Å². The second-order valence-corrected chi connectivity index (χ2v) is 5.03. The van der Waals surface area contributed by atoms with Gasteiger partial charge < -0.3 is 10.1 Å². The molecular formula is C17H24N2O. The highest BCUT2D eigenvalue weighted by molar-refractivity contribution is 5.85. The van der Waals surface area contributed by atoms with Crippen LogP contribution >= 0.6 is 0 Å². The minimum atomic E-state index is 0.231. The molecule has 0 aliphatic rings. The van der Waals surface area contributed by atoms with E-state index < -0.39 is 0 Å². The van der Waals surface area contributed by atoms with Crippen molar-refractivity contribution in [3.05, 3.63) is 42.2 Å². The molecule has 0 amide bonds. The molecule has 0 saturated carbocycles. The first-order chi connectivity index (χ1) is 9.86. The number of ether oxygens (including phenoxy) is 1. The molecule has 108 valence electrons. The first kappa shape index (κ1) is 14.9. The van der Waals surface area contributed by atoms with Gasteiger partial charge in [0.1, 0.15) is 0 Å². The number of benzene rings is 1. The molecule has 0 fully saturated rings. The monoisotopic (exact) mass is 272 g/mol. The highest BCUT2D eigenvalue weighted by Gasteiger charge is 2.13. The molecule has 1 N–H and O–H groups in total. The maximum atomic E-state index is 5.76. The van der Waals surface area contributed by atoms with Gasteiger partial charge in [0.15, 0.2) is 0 Å².